The van der Waals surface area contributed by atoms with E-state index in [2.05, 4.69) is 25.3 Å². The first-order valence-corrected chi connectivity index (χ1v) is 16.7. The lowest BCUT2D eigenvalue weighted by atomic mass is 10.1. The maximum atomic E-state index is 13.9. The summed E-state index contributed by atoms with van der Waals surface area (Å²) in [5.41, 5.74) is 1.71. The standard InChI is InChI=1S/C27H36FN6O5PS/c1-4-38-40(35,39-5-2)19-34-16-13-22(14-17-34)33-41(36,37)24-10-8-21(9-11-24)31-27-29-15-12-26(32-27)30-23-7-6-20(3)25(28)18-23/h6-12,15,18,22,33H,4-5,13-14,16-17,19H2,1-3H3,(H2,29,30,31,32). The van der Waals surface area contributed by atoms with Crippen LogP contribution in [0.25, 0.3) is 0 Å². The molecule has 222 valence electrons. The molecule has 1 saturated heterocycles. The predicted octanol–water partition coefficient (Wildman–Crippen LogP) is 5.38. The van der Waals surface area contributed by atoms with Gasteiger partial charge in [0.1, 0.15) is 17.9 Å². The average Bonchev–Trinajstić information content (AvgIpc) is 2.92. The van der Waals surface area contributed by atoms with Crippen LogP contribution in [0.4, 0.5) is 27.5 Å². The second-order valence-corrected chi connectivity index (χ2v) is 13.3. The van der Waals surface area contributed by atoms with Gasteiger partial charge in [0.05, 0.1) is 18.1 Å². The summed E-state index contributed by atoms with van der Waals surface area (Å²) >= 11 is 0. The molecule has 1 aliphatic rings. The largest absolute Gasteiger partial charge is 0.344 e. The van der Waals surface area contributed by atoms with E-state index in [4.69, 9.17) is 9.05 Å². The van der Waals surface area contributed by atoms with Crippen molar-refractivity contribution in [2.75, 3.05) is 43.2 Å². The van der Waals surface area contributed by atoms with Gasteiger partial charge in [-0.15, -0.1) is 0 Å². The second-order valence-electron chi connectivity index (χ2n) is 9.61. The van der Waals surface area contributed by atoms with E-state index in [1.54, 1.807) is 57.3 Å². The Morgan fingerprint density at radius 3 is 2.29 bits per heavy atom. The van der Waals surface area contributed by atoms with Gasteiger partial charge in [-0.1, -0.05) is 6.07 Å². The van der Waals surface area contributed by atoms with Crippen molar-refractivity contribution in [2.24, 2.45) is 0 Å². The van der Waals surface area contributed by atoms with E-state index in [0.717, 1.165) is 0 Å². The maximum absolute atomic E-state index is 13.9. The van der Waals surface area contributed by atoms with Crippen molar-refractivity contribution in [1.29, 1.82) is 0 Å². The minimum absolute atomic E-state index is 0.139. The summed E-state index contributed by atoms with van der Waals surface area (Å²) in [6, 6.07) is 12.5. The van der Waals surface area contributed by atoms with Crippen LogP contribution in [0.2, 0.25) is 0 Å². The van der Waals surface area contributed by atoms with E-state index >= 15 is 0 Å². The summed E-state index contributed by atoms with van der Waals surface area (Å²) < 4.78 is 66.3. The van der Waals surface area contributed by atoms with E-state index in [0.29, 0.717) is 67.8 Å². The molecule has 14 heteroatoms. The lowest BCUT2D eigenvalue weighted by Crippen LogP contribution is -2.44. The van der Waals surface area contributed by atoms with Crippen LogP contribution >= 0.6 is 7.60 Å². The van der Waals surface area contributed by atoms with Crippen molar-refractivity contribution in [1.82, 2.24) is 19.6 Å². The Morgan fingerprint density at radius 1 is 1.00 bits per heavy atom. The van der Waals surface area contributed by atoms with E-state index in [-0.39, 0.29) is 23.0 Å². The summed E-state index contributed by atoms with van der Waals surface area (Å²) in [4.78, 5) is 10.7. The molecule has 0 saturated carbocycles. The third kappa shape index (κ3) is 8.78. The Labute approximate surface area is 240 Å². The number of hydrogen-bond acceptors (Lipinski definition) is 10. The molecule has 0 aliphatic carbocycles. The number of benzene rings is 2. The maximum Gasteiger partial charge on any atom is 0.344 e. The van der Waals surface area contributed by atoms with Gasteiger partial charge in [-0.25, -0.2) is 22.5 Å². The fourth-order valence-electron chi connectivity index (χ4n) is 4.39. The highest BCUT2D eigenvalue weighted by Crippen LogP contribution is 2.48. The van der Waals surface area contributed by atoms with Crippen molar-refractivity contribution >= 4 is 40.8 Å². The first-order valence-electron chi connectivity index (χ1n) is 13.5. The number of halogens is 1. The van der Waals surface area contributed by atoms with Crippen LogP contribution in [0.1, 0.15) is 32.3 Å². The normalized spacial score (nSPS) is 15.1. The molecule has 3 N–H and O–H groups in total. The molecule has 1 fully saturated rings. The number of nitrogens with one attached hydrogen (secondary N) is 3. The third-order valence-corrected chi connectivity index (χ3v) is 10.0. The van der Waals surface area contributed by atoms with Crippen LogP contribution < -0.4 is 15.4 Å². The Kier molecular flexibility index (Phi) is 10.5. The molecule has 2 aromatic carbocycles. The Bertz CT molecular complexity index is 1460. The number of hydrogen-bond donors (Lipinski definition) is 3. The lowest BCUT2D eigenvalue weighted by Gasteiger charge is -2.33. The number of rotatable bonds is 13. The molecule has 3 aromatic rings. The molecule has 1 aromatic heterocycles. The molecule has 0 radical (unpaired) electrons. The van der Waals surface area contributed by atoms with Gasteiger partial charge in [-0.3, -0.25) is 9.46 Å². The molecule has 0 bridgehead atoms. The fourth-order valence-corrected chi connectivity index (χ4v) is 7.49. The average molecular weight is 607 g/mol. The van der Waals surface area contributed by atoms with Gasteiger partial charge in [0.2, 0.25) is 16.0 Å². The molecule has 11 nitrogen and oxygen atoms in total. The first-order chi connectivity index (χ1) is 19.6. The molecule has 4 rings (SSSR count). The van der Waals surface area contributed by atoms with Gasteiger partial charge in [0.25, 0.3) is 0 Å². The van der Waals surface area contributed by atoms with Crippen molar-refractivity contribution in [2.45, 2.75) is 44.6 Å². The summed E-state index contributed by atoms with van der Waals surface area (Å²) in [6.45, 7) is 6.99. The number of likely N-dealkylation sites (tertiary alicyclic amines) is 1. The van der Waals surface area contributed by atoms with Crippen molar-refractivity contribution in [3.8, 4) is 0 Å². The van der Waals surface area contributed by atoms with Crippen LogP contribution in [-0.4, -0.2) is 61.9 Å². The molecule has 0 atom stereocenters. The highest BCUT2D eigenvalue weighted by molar-refractivity contribution is 7.89. The third-order valence-electron chi connectivity index (χ3n) is 6.45. The van der Waals surface area contributed by atoms with Crippen LogP contribution in [0.15, 0.2) is 59.6 Å². The Hall–Kier alpha value is -2.93. The molecule has 41 heavy (non-hydrogen) atoms. The first kappa shape index (κ1) is 31.0. The van der Waals surface area contributed by atoms with Crippen LogP contribution in [0.3, 0.4) is 0 Å². The zero-order valence-electron chi connectivity index (χ0n) is 23.3. The minimum atomic E-state index is -3.74. The van der Waals surface area contributed by atoms with Gasteiger partial charge in [0, 0.05) is 36.7 Å². The van der Waals surface area contributed by atoms with Crippen LogP contribution in [0, 0.1) is 12.7 Å². The minimum Gasteiger partial charge on any atom is -0.340 e. The zero-order valence-corrected chi connectivity index (χ0v) is 25.1. The van der Waals surface area contributed by atoms with E-state index in [9.17, 15) is 17.4 Å². The predicted molar refractivity (Wildman–Crippen MR) is 157 cm³/mol. The smallest absolute Gasteiger partial charge is 0.340 e. The molecule has 1 aliphatic heterocycles. The monoisotopic (exact) mass is 606 g/mol. The van der Waals surface area contributed by atoms with Crippen molar-refractivity contribution in [3.05, 3.63) is 66.1 Å². The highest BCUT2D eigenvalue weighted by atomic mass is 32.2. The molecule has 0 amide bonds. The van der Waals surface area contributed by atoms with E-state index in [1.807, 2.05) is 4.90 Å². The van der Waals surface area contributed by atoms with Crippen molar-refractivity contribution in [3.63, 3.8) is 0 Å². The van der Waals surface area contributed by atoms with Crippen LogP contribution in [-0.2, 0) is 23.6 Å². The Balaban J connectivity index is 1.31. The van der Waals surface area contributed by atoms with Crippen molar-refractivity contribution < 1.29 is 26.4 Å². The molecular weight excluding hydrogens is 570 g/mol. The fraction of sp³-hybridized carbons (Fsp3) is 0.407. The van der Waals surface area contributed by atoms with Gasteiger partial charge in [-0.05, 0) is 81.6 Å². The van der Waals surface area contributed by atoms with E-state index in [1.165, 1.54) is 18.2 Å². The molecule has 0 unspecified atom stereocenters. The topological polar surface area (TPSA) is 135 Å². The number of anilines is 4. The number of nitrogens with zero attached hydrogens (tertiary/aromatic N) is 3. The van der Waals surface area contributed by atoms with Gasteiger partial charge in [-0.2, -0.15) is 4.98 Å². The second kappa shape index (κ2) is 13.8. The summed E-state index contributed by atoms with van der Waals surface area (Å²) in [5.74, 6) is 0.448. The number of aryl methyl sites for hydroxylation is 1. The van der Waals surface area contributed by atoms with Gasteiger partial charge < -0.3 is 19.7 Å². The summed E-state index contributed by atoms with van der Waals surface area (Å²) in [7, 11) is -6.93. The zero-order chi connectivity index (χ0) is 29.5. The number of aromatic nitrogens is 2. The SMILES string of the molecule is CCOP(=O)(CN1CCC(NS(=O)(=O)c2ccc(Nc3nccc(Nc4ccc(C)c(F)c4)n3)cc2)CC1)OCC. The van der Waals surface area contributed by atoms with E-state index < -0.39 is 17.6 Å². The summed E-state index contributed by atoms with van der Waals surface area (Å²) in [6.07, 6.45) is 2.90. The molecule has 2 heterocycles. The van der Waals surface area contributed by atoms with Crippen LogP contribution in [0.5, 0.6) is 0 Å². The molecular formula is C27H36FN6O5PS. The number of sulfonamides is 1. The number of piperidine rings is 1. The summed E-state index contributed by atoms with van der Waals surface area (Å²) in [5, 5.41) is 6.09. The lowest BCUT2D eigenvalue weighted by molar-refractivity contribution is 0.178. The van der Waals surface area contributed by atoms with Gasteiger partial charge >= 0.3 is 7.60 Å². The molecule has 0 spiro atoms. The Morgan fingerprint density at radius 2 is 1.66 bits per heavy atom. The van der Waals surface area contributed by atoms with Gasteiger partial charge in [0.15, 0.2) is 0 Å². The quantitative estimate of drug-likeness (QED) is 0.218. The highest BCUT2D eigenvalue weighted by Gasteiger charge is 2.31.